The predicted octanol–water partition coefficient (Wildman–Crippen LogP) is 5.37. The van der Waals surface area contributed by atoms with Gasteiger partial charge >= 0.3 is 0 Å². The lowest BCUT2D eigenvalue weighted by molar-refractivity contribution is 0.102. The van der Waals surface area contributed by atoms with Gasteiger partial charge in [0.2, 0.25) is 0 Å². The smallest absolute Gasteiger partial charge is 0.255 e. The lowest BCUT2D eigenvalue weighted by Gasteiger charge is -2.08. The van der Waals surface area contributed by atoms with Crippen molar-refractivity contribution in [1.82, 2.24) is 9.97 Å². The summed E-state index contributed by atoms with van der Waals surface area (Å²) in [7, 11) is 0. The number of carbonyl (C=O) groups excluding carboxylic acids is 1. The monoisotopic (exact) mass is 380 g/mol. The van der Waals surface area contributed by atoms with E-state index in [2.05, 4.69) is 20.6 Å². The van der Waals surface area contributed by atoms with E-state index in [1.807, 2.05) is 66.7 Å². The van der Waals surface area contributed by atoms with Crippen LogP contribution in [0.5, 0.6) is 0 Å². The number of nitrogens with one attached hydrogen (secondary N) is 2. The topological polar surface area (TPSA) is 80.0 Å². The first kappa shape index (κ1) is 16.9. The van der Waals surface area contributed by atoms with Crippen LogP contribution in [0.3, 0.4) is 0 Å². The molecule has 3 aromatic carbocycles. The number of rotatable bonds is 4. The summed E-state index contributed by atoms with van der Waals surface area (Å²) in [5.41, 5.74) is 4.29. The van der Waals surface area contributed by atoms with Gasteiger partial charge in [-0.3, -0.25) is 4.79 Å². The van der Waals surface area contributed by atoms with E-state index in [1.165, 1.54) is 6.33 Å². The van der Waals surface area contributed by atoms with Crippen LogP contribution in [0.15, 0.2) is 89.6 Å². The maximum Gasteiger partial charge on any atom is 0.255 e. The van der Waals surface area contributed by atoms with E-state index < -0.39 is 0 Å². The molecule has 6 nitrogen and oxygen atoms in total. The summed E-state index contributed by atoms with van der Waals surface area (Å²) in [5.74, 6) is 0.443. The van der Waals surface area contributed by atoms with Crippen LogP contribution in [0.2, 0.25) is 0 Å². The van der Waals surface area contributed by atoms with Crippen LogP contribution < -0.4 is 10.6 Å². The lowest BCUT2D eigenvalue weighted by Crippen LogP contribution is -2.11. The molecule has 2 N–H and O–H groups in total. The van der Waals surface area contributed by atoms with Gasteiger partial charge in [0.05, 0.1) is 0 Å². The third-order valence-electron chi connectivity index (χ3n) is 4.60. The van der Waals surface area contributed by atoms with Gasteiger partial charge in [-0.15, -0.1) is 0 Å². The molecular weight excluding hydrogens is 364 g/mol. The van der Waals surface area contributed by atoms with Crippen LogP contribution in [-0.2, 0) is 0 Å². The Hall–Kier alpha value is -4.19. The van der Waals surface area contributed by atoms with Crippen molar-refractivity contribution in [3.63, 3.8) is 0 Å². The molecule has 140 valence electrons. The summed E-state index contributed by atoms with van der Waals surface area (Å²) in [5, 5.41) is 7.10. The van der Waals surface area contributed by atoms with Gasteiger partial charge in [0.1, 0.15) is 17.4 Å². The summed E-state index contributed by atoms with van der Waals surface area (Å²) in [6.07, 6.45) is 1.51. The first-order valence-electron chi connectivity index (χ1n) is 9.14. The molecule has 0 fully saturated rings. The van der Waals surface area contributed by atoms with Crippen molar-refractivity contribution in [3.05, 3.63) is 90.8 Å². The third-order valence-corrected chi connectivity index (χ3v) is 4.60. The SMILES string of the molecule is O=C(Nc1ccc(Nc2ncnc3c2oc2ccccc23)cc1)c1ccccc1. The molecule has 0 saturated carbocycles. The molecular formula is C23H16N4O2. The Kier molecular flexibility index (Phi) is 4.14. The number of anilines is 3. The number of amides is 1. The minimum Gasteiger partial charge on any atom is -0.450 e. The zero-order chi connectivity index (χ0) is 19.6. The van der Waals surface area contributed by atoms with Crippen molar-refractivity contribution >= 4 is 45.2 Å². The van der Waals surface area contributed by atoms with E-state index in [-0.39, 0.29) is 5.91 Å². The molecule has 5 aromatic rings. The highest BCUT2D eigenvalue weighted by molar-refractivity contribution is 6.06. The zero-order valence-corrected chi connectivity index (χ0v) is 15.3. The van der Waals surface area contributed by atoms with E-state index in [0.29, 0.717) is 22.7 Å². The Balaban J connectivity index is 1.38. The van der Waals surface area contributed by atoms with E-state index in [4.69, 9.17) is 4.42 Å². The zero-order valence-electron chi connectivity index (χ0n) is 15.3. The van der Waals surface area contributed by atoms with Gasteiger partial charge in [0.25, 0.3) is 5.91 Å². The standard InChI is InChI=1S/C23H16N4O2/c28-23(15-6-2-1-3-7-15)27-17-12-10-16(11-13-17)26-22-21-20(24-14-25-22)18-8-4-5-9-19(18)29-21/h1-14H,(H,27,28)(H,24,25,26). The van der Waals surface area contributed by atoms with E-state index in [1.54, 1.807) is 12.1 Å². The molecule has 0 unspecified atom stereocenters. The minimum atomic E-state index is -0.147. The number of hydrogen-bond donors (Lipinski definition) is 2. The number of furan rings is 1. The molecule has 0 radical (unpaired) electrons. The van der Waals surface area contributed by atoms with E-state index >= 15 is 0 Å². The summed E-state index contributed by atoms with van der Waals surface area (Å²) < 4.78 is 5.94. The number of benzene rings is 3. The van der Waals surface area contributed by atoms with Crippen LogP contribution >= 0.6 is 0 Å². The molecule has 0 aliphatic carbocycles. The van der Waals surface area contributed by atoms with Gasteiger partial charge < -0.3 is 15.1 Å². The molecule has 1 amide bonds. The summed E-state index contributed by atoms with van der Waals surface area (Å²) >= 11 is 0. The quantitative estimate of drug-likeness (QED) is 0.438. The molecule has 29 heavy (non-hydrogen) atoms. The summed E-state index contributed by atoms with van der Waals surface area (Å²) in [4.78, 5) is 20.9. The second-order valence-corrected chi connectivity index (χ2v) is 6.52. The Morgan fingerprint density at radius 1 is 0.793 bits per heavy atom. The van der Waals surface area contributed by atoms with Gasteiger partial charge in [0.15, 0.2) is 11.4 Å². The molecule has 0 saturated heterocycles. The summed E-state index contributed by atoms with van der Waals surface area (Å²) in [6, 6.07) is 24.3. The number of fused-ring (bicyclic) bond motifs is 3. The van der Waals surface area contributed by atoms with E-state index in [9.17, 15) is 4.79 Å². The van der Waals surface area contributed by atoms with Crippen molar-refractivity contribution < 1.29 is 9.21 Å². The molecule has 0 atom stereocenters. The normalized spacial score (nSPS) is 10.9. The van der Waals surface area contributed by atoms with Crippen molar-refractivity contribution in [1.29, 1.82) is 0 Å². The fraction of sp³-hybridized carbons (Fsp3) is 0. The van der Waals surface area contributed by atoms with Gasteiger partial charge in [-0.25, -0.2) is 9.97 Å². The lowest BCUT2D eigenvalue weighted by atomic mass is 10.2. The highest BCUT2D eigenvalue weighted by atomic mass is 16.3. The molecule has 2 heterocycles. The van der Waals surface area contributed by atoms with Crippen molar-refractivity contribution in [2.45, 2.75) is 0 Å². The molecule has 0 bridgehead atoms. The minimum absolute atomic E-state index is 0.147. The number of aromatic nitrogens is 2. The first-order valence-corrected chi connectivity index (χ1v) is 9.14. The molecule has 2 aromatic heterocycles. The van der Waals surface area contributed by atoms with Gasteiger partial charge in [-0.1, -0.05) is 30.3 Å². The highest BCUT2D eigenvalue weighted by Crippen LogP contribution is 2.31. The van der Waals surface area contributed by atoms with Crippen LogP contribution in [-0.4, -0.2) is 15.9 Å². The fourth-order valence-corrected chi connectivity index (χ4v) is 3.18. The highest BCUT2D eigenvalue weighted by Gasteiger charge is 2.13. The Morgan fingerprint density at radius 2 is 1.52 bits per heavy atom. The Morgan fingerprint density at radius 3 is 2.34 bits per heavy atom. The van der Waals surface area contributed by atoms with Crippen LogP contribution in [0, 0.1) is 0 Å². The van der Waals surface area contributed by atoms with Gasteiger partial charge in [-0.05, 0) is 48.5 Å². The molecule has 0 aliphatic rings. The molecule has 6 heteroatoms. The van der Waals surface area contributed by atoms with Crippen LogP contribution in [0.1, 0.15) is 10.4 Å². The maximum atomic E-state index is 12.3. The first-order chi connectivity index (χ1) is 14.3. The molecule has 0 spiro atoms. The Bertz CT molecular complexity index is 1310. The predicted molar refractivity (Wildman–Crippen MR) is 113 cm³/mol. The fourth-order valence-electron chi connectivity index (χ4n) is 3.18. The average Bonchev–Trinajstić information content (AvgIpc) is 3.16. The second kappa shape index (κ2) is 7.09. The summed E-state index contributed by atoms with van der Waals surface area (Å²) in [6.45, 7) is 0. The van der Waals surface area contributed by atoms with Crippen molar-refractivity contribution in [2.75, 3.05) is 10.6 Å². The van der Waals surface area contributed by atoms with Crippen molar-refractivity contribution in [2.24, 2.45) is 0 Å². The number of para-hydroxylation sites is 1. The van der Waals surface area contributed by atoms with Crippen LogP contribution in [0.25, 0.3) is 22.1 Å². The third kappa shape index (κ3) is 3.27. The molecule has 0 aliphatic heterocycles. The molecule has 5 rings (SSSR count). The maximum absolute atomic E-state index is 12.3. The second-order valence-electron chi connectivity index (χ2n) is 6.52. The van der Waals surface area contributed by atoms with Crippen LogP contribution in [0.4, 0.5) is 17.2 Å². The van der Waals surface area contributed by atoms with Gasteiger partial charge in [0, 0.05) is 22.3 Å². The van der Waals surface area contributed by atoms with E-state index in [0.717, 1.165) is 22.2 Å². The van der Waals surface area contributed by atoms with Gasteiger partial charge in [-0.2, -0.15) is 0 Å². The van der Waals surface area contributed by atoms with Crippen molar-refractivity contribution in [3.8, 4) is 0 Å². The number of carbonyl (C=O) groups is 1. The number of nitrogens with zero attached hydrogens (tertiary/aromatic N) is 2. The largest absolute Gasteiger partial charge is 0.450 e. The average molecular weight is 380 g/mol. The number of hydrogen-bond acceptors (Lipinski definition) is 5. The Labute approximate surface area is 166 Å².